The van der Waals surface area contributed by atoms with Crippen LogP contribution in [0.15, 0.2) is 6.33 Å². The standard InChI is InChI=1S/C17H22N4O2S2/c22-25(23,12-4-5-12)21-8-6-11(7-9-21)20-16-15-13-2-1-3-14(13)24-17(15)19-10-18-16/h10-12H,1-9H2,(H,18,19,20). The van der Waals surface area contributed by atoms with E-state index in [1.807, 2.05) is 0 Å². The van der Waals surface area contributed by atoms with Gasteiger partial charge in [-0.15, -0.1) is 11.3 Å². The second kappa shape index (κ2) is 5.89. The molecular formula is C17H22N4O2S2. The topological polar surface area (TPSA) is 75.2 Å². The number of aryl methyl sites for hydroxylation is 2. The molecule has 0 aromatic carbocycles. The first-order chi connectivity index (χ1) is 12.1. The Hall–Kier alpha value is -1.25. The molecule has 0 radical (unpaired) electrons. The lowest BCUT2D eigenvalue weighted by Gasteiger charge is -2.32. The zero-order valence-electron chi connectivity index (χ0n) is 14.1. The van der Waals surface area contributed by atoms with Crippen molar-refractivity contribution in [2.75, 3.05) is 18.4 Å². The molecule has 0 atom stereocenters. The molecule has 2 aliphatic carbocycles. The van der Waals surface area contributed by atoms with Crippen molar-refractivity contribution < 1.29 is 8.42 Å². The zero-order chi connectivity index (χ0) is 17.0. The molecule has 3 aliphatic rings. The van der Waals surface area contributed by atoms with Crippen LogP contribution in [0.1, 0.15) is 42.5 Å². The quantitative estimate of drug-likeness (QED) is 0.885. The SMILES string of the molecule is O=S(=O)(C1CC1)N1CCC(Nc2ncnc3sc4c(c23)CCC4)CC1. The Balaban J connectivity index is 1.33. The number of hydrogen-bond acceptors (Lipinski definition) is 6. The zero-order valence-corrected chi connectivity index (χ0v) is 15.7. The fourth-order valence-corrected chi connectivity index (χ4v) is 7.16. The number of sulfonamides is 1. The van der Waals surface area contributed by atoms with E-state index in [0.717, 1.165) is 49.2 Å². The van der Waals surface area contributed by atoms with Crippen molar-refractivity contribution in [2.45, 2.75) is 56.2 Å². The maximum Gasteiger partial charge on any atom is 0.216 e. The molecule has 5 rings (SSSR count). The molecule has 6 nitrogen and oxygen atoms in total. The summed E-state index contributed by atoms with van der Waals surface area (Å²) in [5.41, 5.74) is 1.43. The average Bonchev–Trinajstić information content (AvgIpc) is 3.28. The maximum atomic E-state index is 12.4. The number of fused-ring (bicyclic) bond motifs is 3. The van der Waals surface area contributed by atoms with E-state index in [-0.39, 0.29) is 11.3 Å². The van der Waals surface area contributed by atoms with Crippen molar-refractivity contribution in [3.63, 3.8) is 0 Å². The van der Waals surface area contributed by atoms with Gasteiger partial charge in [0.15, 0.2) is 0 Å². The largest absolute Gasteiger partial charge is 0.367 e. The van der Waals surface area contributed by atoms with Crippen LogP contribution < -0.4 is 5.32 Å². The van der Waals surface area contributed by atoms with Crippen molar-refractivity contribution in [3.8, 4) is 0 Å². The van der Waals surface area contributed by atoms with Crippen LogP contribution in [0.2, 0.25) is 0 Å². The number of aromatic nitrogens is 2. The van der Waals surface area contributed by atoms with Crippen LogP contribution in [-0.2, 0) is 22.9 Å². The van der Waals surface area contributed by atoms with E-state index in [4.69, 9.17) is 0 Å². The number of hydrogen-bond donors (Lipinski definition) is 1. The minimum absolute atomic E-state index is 0.105. The smallest absolute Gasteiger partial charge is 0.216 e. The molecule has 0 bridgehead atoms. The number of piperidine rings is 1. The van der Waals surface area contributed by atoms with Gasteiger partial charge in [0, 0.05) is 24.0 Å². The Morgan fingerprint density at radius 2 is 1.92 bits per heavy atom. The molecule has 0 amide bonds. The molecule has 0 unspecified atom stereocenters. The van der Waals surface area contributed by atoms with E-state index in [1.54, 1.807) is 22.0 Å². The first-order valence-corrected chi connectivity index (χ1v) is 11.5. The molecule has 2 aromatic rings. The van der Waals surface area contributed by atoms with Crippen LogP contribution in [0.25, 0.3) is 10.2 Å². The van der Waals surface area contributed by atoms with Crippen molar-refractivity contribution in [2.24, 2.45) is 0 Å². The second-order valence-electron chi connectivity index (χ2n) is 7.32. The first kappa shape index (κ1) is 16.0. The molecule has 2 fully saturated rings. The molecule has 0 spiro atoms. The first-order valence-electron chi connectivity index (χ1n) is 9.13. The van der Waals surface area contributed by atoms with Gasteiger partial charge in [-0.3, -0.25) is 0 Å². The molecule has 1 saturated carbocycles. The number of nitrogens with zero attached hydrogens (tertiary/aromatic N) is 3. The molecule has 134 valence electrons. The molecule has 3 heterocycles. The molecule has 25 heavy (non-hydrogen) atoms. The van der Waals surface area contributed by atoms with Crippen molar-refractivity contribution >= 4 is 37.4 Å². The third-order valence-electron chi connectivity index (χ3n) is 5.60. The third-order valence-corrected chi connectivity index (χ3v) is 9.20. The highest BCUT2D eigenvalue weighted by Gasteiger charge is 2.41. The minimum Gasteiger partial charge on any atom is -0.367 e. The molecule has 1 saturated heterocycles. The molecule has 1 N–H and O–H groups in total. The van der Waals surface area contributed by atoms with Gasteiger partial charge in [-0.25, -0.2) is 22.7 Å². The number of rotatable bonds is 4. The lowest BCUT2D eigenvalue weighted by molar-refractivity contribution is 0.329. The third kappa shape index (κ3) is 2.74. The van der Waals surface area contributed by atoms with Gasteiger partial charge >= 0.3 is 0 Å². The van der Waals surface area contributed by atoms with Gasteiger partial charge in [0.2, 0.25) is 10.0 Å². The van der Waals surface area contributed by atoms with Crippen LogP contribution in [0.3, 0.4) is 0 Å². The van der Waals surface area contributed by atoms with Crippen LogP contribution in [0.4, 0.5) is 5.82 Å². The van der Waals surface area contributed by atoms with Crippen LogP contribution >= 0.6 is 11.3 Å². The number of anilines is 1. The van der Waals surface area contributed by atoms with Gasteiger partial charge in [0.1, 0.15) is 17.0 Å². The second-order valence-corrected chi connectivity index (χ2v) is 10.6. The summed E-state index contributed by atoms with van der Waals surface area (Å²) >= 11 is 1.80. The van der Waals surface area contributed by atoms with E-state index in [9.17, 15) is 8.42 Å². The fraction of sp³-hybridized carbons (Fsp3) is 0.647. The summed E-state index contributed by atoms with van der Waals surface area (Å²) in [5, 5.41) is 4.69. The summed E-state index contributed by atoms with van der Waals surface area (Å²) in [4.78, 5) is 11.5. The van der Waals surface area contributed by atoms with Gasteiger partial charge in [-0.1, -0.05) is 0 Å². The summed E-state index contributed by atoms with van der Waals surface area (Å²) < 4.78 is 26.4. The van der Waals surface area contributed by atoms with Crippen LogP contribution in [0.5, 0.6) is 0 Å². The fourth-order valence-electron chi connectivity index (χ4n) is 4.06. The predicted octanol–water partition coefficient (Wildman–Crippen LogP) is 2.55. The maximum absolute atomic E-state index is 12.4. The van der Waals surface area contributed by atoms with Crippen LogP contribution in [0, 0.1) is 0 Å². The van der Waals surface area contributed by atoms with E-state index >= 15 is 0 Å². The van der Waals surface area contributed by atoms with E-state index in [0.29, 0.717) is 13.1 Å². The highest BCUT2D eigenvalue weighted by Crippen LogP contribution is 2.39. The Labute approximate surface area is 151 Å². The van der Waals surface area contributed by atoms with E-state index < -0.39 is 10.0 Å². The van der Waals surface area contributed by atoms with Crippen molar-refractivity contribution in [1.29, 1.82) is 0 Å². The summed E-state index contributed by atoms with van der Waals surface area (Å²) in [6.45, 7) is 1.24. The van der Waals surface area contributed by atoms with Gasteiger partial charge in [0.25, 0.3) is 0 Å². The summed E-state index contributed by atoms with van der Waals surface area (Å²) in [7, 11) is -3.04. The Morgan fingerprint density at radius 1 is 1.12 bits per heavy atom. The highest BCUT2D eigenvalue weighted by molar-refractivity contribution is 7.90. The Kier molecular flexibility index (Phi) is 3.76. The van der Waals surface area contributed by atoms with Crippen LogP contribution in [-0.4, -0.2) is 47.1 Å². The van der Waals surface area contributed by atoms with Gasteiger partial charge in [-0.2, -0.15) is 0 Å². The van der Waals surface area contributed by atoms with Crippen molar-refractivity contribution in [3.05, 3.63) is 16.8 Å². The van der Waals surface area contributed by atoms with Gasteiger partial charge < -0.3 is 5.32 Å². The monoisotopic (exact) mass is 378 g/mol. The molecule has 2 aromatic heterocycles. The summed E-state index contributed by atoms with van der Waals surface area (Å²) in [6.07, 6.45) is 8.49. The lowest BCUT2D eigenvalue weighted by Crippen LogP contribution is -2.43. The average molecular weight is 379 g/mol. The van der Waals surface area contributed by atoms with Gasteiger partial charge in [0.05, 0.1) is 10.6 Å². The number of thiophene rings is 1. The predicted molar refractivity (Wildman–Crippen MR) is 99.6 cm³/mol. The van der Waals surface area contributed by atoms with E-state index in [1.165, 1.54) is 22.2 Å². The Bertz CT molecular complexity index is 912. The normalized spacial score (nSPS) is 22.4. The minimum atomic E-state index is -3.04. The summed E-state index contributed by atoms with van der Waals surface area (Å²) in [6, 6.07) is 0.278. The Morgan fingerprint density at radius 3 is 2.68 bits per heavy atom. The molecular weight excluding hydrogens is 356 g/mol. The molecule has 1 aliphatic heterocycles. The number of nitrogens with one attached hydrogen (secondary N) is 1. The van der Waals surface area contributed by atoms with Crippen molar-refractivity contribution in [1.82, 2.24) is 14.3 Å². The van der Waals surface area contributed by atoms with E-state index in [2.05, 4.69) is 15.3 Å². The lowest BCUT2D eigenvalue weighted by atomic mass is 10.1. The molecule has 8 heteroatoms. The summed E-state index contributed by atoms with van der Waals surface area (Å²) in [5.74, 6) is 0.938. The highest BCUT2D eigenvalue weighted by atomic mass is 32.2. The van der Waals surface area contributed by atoms with Gasteiger partial charge in [-0.05, 0) is 50.5 Å².